The maximum absolute atomic E-state index is 12.7. The van der Waals surface area contributed by atoms with Gasteiger partial charge in [0, 0.05) is 11.8 Å². The van der Waals surface area contributed by atoms with Gasteiger partial charge in [0.1, 0.15) is 6.61 Å². The number of amides is 1. The molecule has 1 unspecified atom stereocenters. The van der Waals surface area contributed by atoms with Crippen molar-refractivity contribution in [1.29, 1.82) is 0 Å². The fraction of sp³-hybridized carbons (Fsp3) is 0.190. The lowest BCUT2D eigenvalue weighted by Crippen LogP contribution is -2.42. The van der Waals surface area contributed by atoms with Gasteiger partial charge >= 0.3 is 6.09 Å². The molecule has 0 aromatic heterocycles. The van der Waals surface area contributed by atoms with Crippen LogP contribution in [0.3, 0.4) is 0 Å². The molecule has 0 bridgehead atoms. The summed E-state index contributed by atoms with van der Waals surface area (Å²) in [6.07, 6.45) is -0.471. The second-order valence-corrected chi connectivity index (χ2v) is 6.30. The first-order valence-corrected chi connectivity index (χ1v) is 8.39. The molecule has 4 heteroatoms. The first-order valence-electron chi connectivity index (χ1n) is 8.39. The molecule has 4 nitrogen and oxygen atoms in total. The number of β-amino-alcohol motifs (C(OH)–C–C–N with tert-alkyl or cyclic N) is 1. The number of carbonyl (C=O) groups is 1. The van der Waals surface area contributed by atoms with Crippen molar-refractivity contribution < 1.29 is 14.6 Å². The fourth-order valence-electron chi connectivity index (χ4n) is 3.37. The molecule has 1 N–H and O–H groups in total. The maximum atomic E-state index is 12.7. The third-order valence-electron chi connectivity index (χ3n) is 4.53. The summed E-state index contributed by atoms with van der Waals surface area (Å²) in [5, 5.41) is 12.3. The average molecular weight is 333 g/mol. The van der Waals surface area contributed by atoms with Gasteiger partial charge in [-0.3, -0.25) is 4.90 Å². The molecule has 0 saturated heterocycles. The van der Waals surface area contributed by atoms with E-state index < -0.39 is 12.2 Å². The zero-order valence-electron chi connectivity index (χ0n) is 13.8. The van der Waals surface area contributed by atoms with Crippen LogP contribution in [0.5, 0.6) is 0 Å². The van der Waals surface area contributed by atoms with Crippen LogP contribution in [0.2, 0.25) is 0 Å². The molecular formula is C21H19NO3. The molecule has 0 radical (unpaired) electrons. The van der Waals surface area contributed by atoms with Gasteiger partial charge in [-0.15, -0.1) is 0 Å². The molecule has 126 valence electrons. The van der Waals surface area contributed by atoms with Crippen LogP contribution in [0.25, 0.3) is 10.8 Å². The Kier molecular flexibility index (Phi) is 4.12. The summed E-state index contributed by atoms with van der Waals surface area (Å²) >= 11 is 0. The highest BCUT2D eigenvalue weighted by Crippen LogP contribution is 2.35. The number of ether oxygens (including phenoxy) is 1. The quantitative estimate of drug-likeness (QED) is 0.774. The number of rotatable bonds is 2. The summed E-state index contributed by atoms with van der Waals surface area (Å²) in [7, 11) is 0. The van der Waals surface area contributed by atoms with Gasteiger partial charge < -0.3 is 9.84 Å². The van der Waals surface area contributed by atoms with Crippen molar-refractivity contribution in [2.75, 3.05) is 11.4 Å². The van der Waals surface area contributed by atoms with Gasteiger partial charge in [-0.1, -0.05) is 66.7 Å². The van der Waals surface area contributed by atoms with E-state index in [0.717, 1.165) is 27.6 Å². The van der Waals surface area contributed by atoms with Gasteiger partial charge in [0.25, 0.3) is 0 Å². The predicted molar refractivity (Wildman–Crippen MR) is 97.6 cm³/mol. The number of aliphatic hydroxyl groups is 1. The molecule has 25 heavy (non-hydrogen) atoms. The number of benzene rings is 3. The van der Waals surface area contributed by atoms with E-state index in [1.54, 1.807) is 4.90 Å². The van der Waals surface area contributed by atoms with Crippen molar-refractivity contribution in [3.63, 3.8) is 0 Å². The largest absolute Gasteiger partial charge is 0.444 e. The van der Waals surface area contributed by atoms with E-state index in [9.17, 15) is 9.90 Å². The lowest BCUT2D eigenvalue weighted by Gasteiger charge is -2.32. The molecule has 0 aliphatic carbocycles. The van der Waals surface area contributed by atoms with E-state index >= 15 is 0 Å². The van der Waals surface area contributed by atoms with Gasteiger partial charge in [0.15, 0.2) is 0 Å². The zero-order valence-corrected chi connectivity index (χ0v) is 13.8. The number of carbonyl (C=O) groups excluding carboxylic acids is 1. The normalized spacial score (nSPS) is 16.5. The highest BCUT2D eigenvalue weighted by molar-refractivity contribution is 6.03. The number of fused-ring (bicyclic) bond motifs is 3. The Morgan fingerprint density at radius 2 is 1.80 bits per heavy atom. The number of aliphatic hydroxyl groups excluding tert-OH is 1. The Hall–Kier alpha value is -2.85. The van der Waals surface area contributed by atoms with Crippen LogP contribution in [-0.2, 0) is 17.8 Å². The van der Waals surface area contributed by atoms with Crippen LogP contribution in [-0.4, -0.2) is 23.8 Å². The molecule has 1 atom stereocenters. The van der Waals surface area contributed by atoms with Crippen molar-refractivity contribution in [1.82, 2.24) is 0 Å². The molecule has 3 aromatic carbocycles. The predicted octanol–water partition coefficient (Wildman–Crippen LogP) is 3.90. The van der Waals surface area contributed by atoms with E-state index in [-0.39, 0.29) is 13.2 Å². The van der Waals surface area contributed by atoms with Gasteiger partial charge in [-0.25, -0.2) is 4.79 Å². The smallest absolute Gasteiger partial charge is 0.414 e. The van der Waals surface area contributed by atoms with Crippen LogP contribution in [0, 0.1) is 0 Å². The third kappa shape index (κ3) is 3.08. The van der Waals surface area contributed by atoms with E-state index in [0.29, 0.717) is 6.42 Å². The maximum Gasteiger partial charge on any atom is 0.414 e. The van der Waals surface area contributed by atoms with Gasteiger partial charge in [-0.05, 0) is 16.5 Å². The number of anilines is 1. The lowest BCUT2D eigenvalue weighted by atomic mass is 9.95. The summed E-state index contributed by atoms with van der Waals surface area (Å²) in [4.78, 5) is 14.3. The molecule has 1 aliphatic heterocycles. The summed E-state index contributed by atoms with van der Waals surface area (Å²) in [5.41, 5.74) is 2.75. The highest BCUT2D eigenvalue weighted by atomic mass is 16.6. The van der Waals surface area contributed by atoms with Crippen molar-refractivity contribution in [2.45, 2.75) is 19.1 Å². The van der Waals surface area contributed by atoms with E-state index in [2.05, 4.69) is 0 Å². The molecular weight excluding hydrogens is 314 g/mol. The Bertz CT molecular complexity index is 907. The van der Waals surface area contributed by atoms with Crippen molar-refractivity contribution in [3.8, 4) is 0 Å². The monoisotopic (exact) mass is 333 g/mol. The van der Waals surface area contributed by atoms with Crippen molar-refractivity contribution in [3.05, 3.63) is 77.9 Å². The van der Waals surface area contributed by atoms with Gasteiger partial charge in [0.2, 0.25) is 0 Å². The fourth-order valence-corrected chi connectivity index (χ4v) is 3.37. The minimum Gasteiger partial charge on any atom is -0.444 e. The van der Waals surface area contributed by atoms with Gasteiger partial charge in [0.05, 0.1) is 18.3 Å². The average Bonchev–Trinajstić information content (AvgIpc) is 2.66. The van der Waals surface area contributed by atoms with E-state index in [1.165, 1.54) is 0 Å². The number of hydrogen-bond acceptors (Lipinski definition) is 3. The standard InChI is InChI=1S/C21H19NO3/c23-18-12-17-11-10-16-8-4-5-9-19(16)20(17)22(13-18)21(24)25-14-15-6-2-1-3-7-15/h1-11,18,23H,12-14H2. The molecule has 1 aliphatic rings. The summed E-state index contributed by atoms with van der Waals surface area (Å²) in [5.74, 6) is 0. The summed E-state index contributed by atoms with van der Waals surface area (Å²) in [6, 6.07) is 21.6. The second kappa shape index (κ2) is 6.57. The number of nitrogens with zero attached hydrogens (tertiary/aromatic N) is 1. The Balaban J connectivity index is 1.66. The van der Waals surface area contributed by atoms with Crippen LogP contribution in [0.1, 0.15) is 11.1 Å². The zero-order chi connectivity index (χ0) is 17.2. The molecule has 0 spiro atoms. The number of hydrogen-bond donors (Lipinski definition) is 1. The molecule has 0 saturated carbocycles. The van der Waals surface area contributed by atoms with Crippen LogP contribution in [0.4, 0.5) is 10.5 Å². The summed E-state index contributed by atoms with van der Waals surface area (Å²) in [6.45, 7) is 0.459. The topological polar surface area (TPSA) is 49.8 Å². The minimum atomic E-state index is -0.585. The third-order valence-corrected chi connectivity index (χ3v) is 4.53. The van der Waals surface area contributed by atoms with E-state index in [1.807, 2.05) is 66.7 Å². The Morgan fingerprint density at radius 3 is 2.64 bits per heavy atom. The van der Waals surface area contributed by atoms with Crippen molar-refractivity contribution >= 4 is 22.6 Å². The Morgan fingerprint density at radius 1 is 1.04 bits per heavy atom. The molecule has 0 fully saturated rings. The highest BCUT2D eigenvalue weighted by Gasteiger charge is 2.30. The van der Waals surface area contributed by atoms with Crippen molar-refractivity contribution in [2.24, 2.45) is 0 Å². The first kappa shape index (κ1) is 15.7. The van der Waals surface area contributed by atoms with Crippen LogP contribution >= 0.6 is 0 Å². The molecule has 1 heterocycles. The molecule has 1 amide bonds. The summed E-state index contributed by atoms with van der Waals surface area (Å²) < 4.78 is 5.50. The Labute approximate surface area is 146 Å². The first-order chi connectivity index (χ1) is 12.2. The second-order valence-electron chi connectivity index (χ2n) is 6.30. The van der Waals surface area contributed by atoms with Crippen LogP contribution in [0.15, 0.2) is 66.7 Å². The van der Waals surface area contributed by atoms with Gasteiger partial charge in [-0.2, -0.15) is 0 Å². The molecule has 4 rings (SSSR count). The van der Waals surface area contributed by atoms with Crippen LogP contribution < -0.4 is 4.90 Å². The van der Waals surface area contributed by atoms with E-state index in [4.69, 9.17) is 4.74 Å². The SMILES string of the molecule is O=C(OCc1ccccc1)N1CC(O)Cc2ccc3ccccc3c21. The minimum absolute atomic E-state index is 0.215. The molecule has 3 aromatic rings. The lowest BCUT2D eigenvalue weighted by molar-refractivity contribution is 0.133.